The highest BCUT2D eigenvalue weighted by molar-refractivity contribution is 6.05. The number of likely N-dealkylation sites (tertiary alicyclic amines) is 2. The smallest absolute Gasteiger partial charge is 0.306 e. The number of nitrogens with zero attached hydrogens (tertiary/aromatic N) is 4. The predicted octanol–water partition coefficient (Wildman–Crippen LogP) is 9.59. The number of hydrogen-bond donors (Lipinski definition) is 0. The van der Waals surface area contributed by atoms with Crippen molar-refractivity contribution in [2.75, 3.05) is 27.3 Å². The molecule has 1 saturated carbocycles. The van der Waals surface area contributed by atoms with Crippen molar-refractivity contribution in [3.05, 3.63) is 71.1 Å². The Balaban J connectivity index is 1.01. The van der Waals surface area contributed by atoms with Crippen molar-refractivity contribution in [1.29, 1.82) is 0 Å². The molecular weight excluding hydrogens is 803 g/mol. The zero-order chi connectivity index (χ0) is 44.8. The lowest BCUT2D eigenvalue weighted by Crippen LogP contribution is -2.45. The number of benzene rings is 2. The van der Waals surface area contributed by atoms with Gasteiger partial charge in [-0.05, 0) is 95.7 Å². The van der Waals surface area contributed by atoms with Crippen LogP contribution in [0.3, 0.4) is 0 Å². The first-order valence-corrected chi connectivity index (χ1v) is 23.1. The van der Waals surface area contributed by atoms with Gasteiger partial charge < -0.3 is 19.3 Å². The van der Waals surface area contributed by atoms with E-state index in [1.54, 1.807) is 0 Å². The SMILES string of the molecule is COC(=O)C[C@H](C(=O)N1CCC[C@H]1C1=NC=C(c2ccc(-c3ccc(C4=CN=C([C@@H]5CCCN5C(=O)[C@@H](CC(=O)OC)C(C)C)C4)c4c3C(F)(F)C3(CCCC3)C4)cc2)C1)C(C)C. The summed E-state index contributed by atoms with van der Waals surface area (Å²) in [5.41, 5.74) is 6.49. The highest BCUT2D eigenvalue weighted by Gasteiger charge is 2.62. The number of fused-ring (bicyclic) bond motifs is 1. The van der Waals surface area contributed by atoms with Crippen molar-refractivity contribution in [3.63, 3.8) is 0 Å². The molecular formula is C51H62F2N4O6. The fourth-order valence-electron chi connectivity index (χ4n) is 11.4. The Morgan fingerprint density at radius 1 is 0.683 bits per heavy atom. The summed E-state index contributed by atoms with van der Waals surface area (Å²) in [7, 11) is 2.68. The second-order valence-corrected chi connectivity index (χ2v) is 19.4. The average molecular weight is 865 g/mol. The van der Waals surface area contributed by atoms with E-state index in [2.05, 4.69) is 0 Å². The molecule has 4 aliphatic heterocycles. The summed E-state index contributed by atoms with van der Waals surface area (Å²) in [5.74, 6) is -4.93. The third kappa shape index (κ3) is 8.20. The van der Waals surface area contributed by atoms with Gasteiger partial charge in [-0.3, -0.25) is 29.2 Å². The van der Waals surface area contributed by atoms with Gasteiger partial charge in [0.25, 0.3) is 5.92 Å². The summed E-state index contributed by atoms with van der Waals surface area (Å²) in [6.07, 6.45) is 11.0. The number of alkyl halides is 2. The Bertz CT molecular complexity index is 2270. The molecule has 0 bridgehead atoms. The number of amides is 2. The lowest BCUT2D eigenvalue weighted by molar-refractivity contribution is -0.148. The third-order valence-corrected chi connectivity index (χ3v) is 15.1. The third-order valence-electron chi connectivity index (χ3n) is 15.1. The number of aliphatic imine (C=N–C) groups is 2. The molecule has 3 fully saturated rings. The van der Waals surface area contributed by atoms with Crippen molar-refractivity contribution in [2.24, 2.45) is 39.1 Å². The molecule has 0 unspecified atom stereocenters. The van der Waals surface area contributed by atoms with Crippen LogP contribution in [-0.2, 0) is 41.0 Å². The van der Waals surface area contributed by atoms with Crippen LogP contribution in [0.25, 0.3) is 22.3 Å². The number of rotatable bonds is 13. The highest BCUT2D eigenvalue weighted by atomic mass is 19.3. The van der Waals surface area contributed by atoms with Crippen molar-refractivity contribution < 1.29 is 37.4 Å². The van der Waals surface area contributed by atoms with Gasteiger partial charge in [0.2, 0.25) is 11.8 Å². The van der Waals surface area contributed by atoms with Crippen LogP contribution in [0.15, 0.2) is 58.8 Å². The molecule has 1 spiro atoms. The molecule has 2 aromatic rings. The maximum Gasteiger partial charge on any atom is 0.306 e. The monoisotopic (exact) mass is 864 g/mol. The fraction of sp³-hybridized carbons (Fsp3) is 0.569. The lowest BCUT2D eigenvalue weighted by Gasteiger charge is -2.31. The molecule has 6 aliphatic rings. The summed E-state index contributed by atoms with van der Waals surface area (Å²) < 4.78 is 44.2. The van der Waals surface area contributed by atoms with Crippen molar-refractivity contribution in [1.82, 2.24) is 9.80 Å². The lowest BCUT2D eigenvalue weighted by atomic mass is 9.79. The van der Waals surface area contributed by atoms with E-state index in [9.17, 15) is 19.2 Å². The first kappa shape index (κ1) is 44.6. The molecule has 2 amide bonds. The standard InChI is InChI=1S/C51H62F2N4O6/c1-30(2)38(25-45(58)62-5)48(60)56-21-9-11-43(56)41-23-34(28-54-41)32-13-15-33(16-14-32)37-18-17-36(40-27-50(19-7-8-20-50)51(52,53)47(37)40)35-24-42(55-29-35)44-12-10-22-57(44)49(61)39(31(3)4)26-46(59)63-6/h13-18,28-31,38-39,43-44H,7-12,19-27H2,1-6H3/t38-,39-,43-,44-/m0/s1. The fourth-order valence-corrected chi connectivity index (χ4v) is 11.4. The minimum Gasteiger partial charge on any atom is -0.469 e. The molecule has 4 heterocycles. The Hall–Kier alpha value is -5.00. The average Bonchev–Trinajstić information content (AvgIpc) is 4.13. The van der Waals surface area contributed by atoms with Crippen LogP contribution in [0, 0.1) is 29.1 Å². The van der Waals surface area contributed by atoms with Gasteiger partial charge in [0, 0.05) is 60.7 Å². The van der Waals surface area contributed by atoms with Crippen molar-refractivity contribution in [2.45, 2.75) is 129 Å². The maximum atomic E-state index is 17.2. The quantitative estimate of drug-likeness (QED) is 0.185. The molecule has 336 valence electrons. The van der Waals surface area contributed by atoms with E-state index in [0.29, 0.717) is 56.3 Å². The van der Waals surface area contributed by atoms with Gasteiger partial charge in [-0.25, -0.2) is 8.78 Å². The predicted molar refractivity (Wildman–Crippen MR) is 240 cm³/mol. The van der Waals surface area contributed by atoms with E-state index < -0.39 is 35.1 Å². The first-order valence-electron chi connectivity index (χ1n) is 23.1. The number of halogens is 2. The van der Waals surface area contributed by atoms with Crippen LogP contribution < -0.4 is 0 Å². The molecule has 4 atom stereocenters. The Kier molecular flexibility index (Phi) is 12.7. The number of carbonyl (C=O) groups excluding carboxylic acids is 4. The molecule has 0 aromatic heterocycles. The number of esters is 2. The molecule has 2 aliphatic carbocycles. The van der Waals surface area contributed by atoms with Crippen molar-refractivity contribution in [3.8, 4) is 11.1 Å². The van der Waals surface area contributed by atoms with E-state index in [1.807, 2.05) is 86.3 Å². The van der Waals surface area contributed by atoms with Gasteiger partial charge in [-0.2, -0.15) is 0 Å². The number of hydrogen-bond acceptors (Lipinski definition) is 8. The summed E-state index contributed by atoms with van der Waals surface area (Å²) in [6.45, 7) is 9.01. The van der Waals surface area contributed by atoms with E-state index in [4.69, 9.17) is 19.5 Å². The summed E-state index contributed by atoms with van der Waals surface area (Å²) in [6, 6.07) is 11.4. The molecule has 63 heavy (non-hydrogen) atoms. The van der Waals surface area contributed by atoms with Crippen LogP contribution in [0.4, 0.5) is 8.78 Å². The van der Waals surface area contributed by atoms with Crippen LogP contribution >= 0.6 is 0 Å². The summed E-state index contributed by atoms with van der Waals surface area (Å²) in [5, 5.41) is 0. The van der Waals surface area contributed by atoms with E-state index in [-0.39, 0.29) is 54.1 Å². The van der Waals surface area contributed by atoms with Gasteiger partial charge >= 0.3 is 11.9 Å². The zero-order valence-electron chi connectivity index (χ0n) is 37.7. The van der Waals surface area contributed by atoms with Crippen molar-refractivity contribution >= 4 is 46.3 Å². The largest absolute Gasteiger partial charge is 0.469 e. The van der Waals surface area contributed by atoms with Gasteiger partial charge in [-0.15, -0.1) is 0 Å². The Morgan fingerprint density at radius 3 is 1.67 bits per heavy atom. The number of allylic oxidation sites excluding steroid dienone is 2. The van der Waals surface area contributed by atoms with E-state index in [1.165, 1.54) is 14.2 Å². The zero-order valence-corrected chi connectivity index (χ0v) is 37.7. The second kappa shape index (κ2) is 17.9. The second-order valence-electron chi connectivity index (χ2n) is 19.4. The molecule has 12 heteroatoms. The van der Waals surface area contributed by atoms with Gasteiger partial charge in [-0.1, -0.05) is 76.9 Å². The molecule has 8 rings (SSSR count). The van der Waals surface area contributed by atoms with E-state index >= 15 is 8.78 Å². The van der Waals surface area contributed by atoms with Gasteiger partial charge in [0.15, 0.2) is 0 Å². The number of ether oxygens (including phenoxy) is 2. The van der Waals surface area contributed by atoms with Crippen LogP contribution in [-0.4, -0.2) is 84.4 Å². The van der Waals surface area contributed by atoms with Gasteiger partial charge in [0.05, 0.1) is 51.0 Å². The van der Waals surface area contributed by atoms with Crippen LogP contribution in [0.5, 0.6) is 0 Å². The molecule has 2 saturated heterocycles. The molecule has 2 aromatic carbocycles. The topological polar surface area (TPSA) is 118 Å². The van der Waals surface area contributed by atoms with Crippen LogP contribution in [0.1, 0.15) is 127 Å². The number of carbonyl (C=O) groups is 4. The first-order chi connectivity index (χ1) is 30.2. The molecule has 0 radical (unpaired) electrons. The summed E-state index contributed by atoms with van der Waals surface area (Å²) in [4.78, 5) is 65.5. The minimum absolute atomic E-state index is 0.0188. The molecule has 0 N–H and O–H groups in total. The van der Waals surface area contributed by atoms with Crippen LogP contribution in [0.2, 0.25) is 0 Å². The minimum atomic E-state index is -3.02. The Labute approximate surface area is 370 Å². The van der Waals surface area contributed by atoms with Gasteiger partial charge in [0.1, 0.15) is 0 Å². The summed E-state index contributed by atoms with van der Waals surface area (Å²) >= 11 is 0. The highest BCUT2D eigenvalue weighted by Crippen LogP contribution is 2.64. The maximum absolute atomic E-state index is 17.2. The molecule has 10 nitrogen and oxygen atoms in total. The Morgan fingerprint density at radius 2 is 1.16 bits per heavy atom. The normalized spacial score (nSPS) is 23.2. The number of methoxy groups -OCH3 is 2. The van der Waals surface area contributed by atoms with E-state index in [0.717, 1.165) is 77.8 Å².